The average Bonchev–Trinajstić information content (AvgIpc) is 2.83. The summed E-state index contributed by atoms with van der Waals surface area (Å²) in [5.41, 5.74) is 5.79. The van der Waals surface area contributed by atoms with E-state index in [-0.39, 0.29) is 24.4 Å². The van der Waals surface area contributed by atoms with Crippen molar-refractivity contribution in [3.63, 3.8) is 0 Å². The first-order valence-electron chi connectivity index (χ1n) is 6.46. The third kappa shape index (κ3) is 4.23. The van der Waals surface area contributed by atoms with Crippen molar-refractivity contribution in [2.45, 2.75) is 38.1 Å². The second kappa shape index (κ2) is 7.92. The number of carbonyl (C=O) groups is 1. The van der Waals surface area contributed by atoms with Gasteiger partial charge in [0, 0.05) is 12.6 Å². The highest BCUT2D eigenvalue weighted by Gasteiger charge is 2.25. The number of nitrogens with one attached hydrogen (secondary N) is 1. The van der Waals surface area contributed by atoms with Crippen LogP contribution in [0.2, 0.25) is 0 Å². The summed E-state index contributed by atoms with van der Waals surface area (Å²) in [7, 11) is 0. The summed E-state index contributed by atoms with van der Waals surface area (Å²) < 4.78 is 5.84. The van der Waals surface area contributed by atoms with Crippen LogP contribution in [0.5, 0.6) is 0 Å². The van der Waals surface area contributed by atoms with Gasteiger partial charge in [0.2, 0.25) is 5.76 Å². The summed E-state index contributed by atoms with van der Waals surface area (Å²) in [6, 6.07) is 1.77. The first kappa shape index (κ1) is 16.5. The molecule has 1 aromatic rings. The topological polar surface area (TPSA) is 68.3 Å². The summed E-state index contributed by atoms with van der Waals surface area (Å²) in [5, 5.41) is 2.99. The average molecular weight is 352 g/mol. The SMILES string of the molecule is Cl.NCC(NC(=O)c1occc1Br)C1CCCCC1. The minimum atomic E-state index is -0.187. The van der Waals surface area contributed by atoms with E-state index in [0.717, 1.165) is 12.8 Å². The molecule has 1 aliphatic carbocycles. The fourth-order valence-electron chi connectivity index (χ4n) is 2.60. The van der Waals surface area contributed by atoms with Gasteiger partial charge < -0.3 is 15.5 Å². The lowest BCUT2D eigenvalue weighted by atomic mass is 9.84. The third-order valence-electron chi connectivity index (χ3n) is 3.61. The highest BCUT2D eigenvalue weighted by molar-refractivity contribution is 9.10. The van der Waals surface area contributed by atoms with Crippen LogP contribution in [0.3, 0.4) is 0 Å². The number of amides is 1. The van der Waals surface area contributed by atoms with Gasteiger partial charge in [0.25, 0.3) is 5.91 Å². The number of hydrogen-bond acceptors (Lipinski definition) is 3. The number of carbonyl (C=O) groups excluding carboxylic acids is 1. The van der Waals surface area contributed by atoms with Crippen molar-refractivity contribution < 1.29 is 9.21 Å². The van der Waals surface area contributed by atoms with Gasteiger partial charge in [0.1, 0.15) is 0 Å². The maximum Gasteiger partial charge on any atom is 0.288 e. The van der Waals surface area contributed by atoms with Crippen LogP contribution in [0.4, 0.5) is 0 Å². The van der Waals surface area contributed by atoms with Crippen molar-refractivity contribution in [3.05, 3.63) is 22.6 Å². The lowest BCUT2D eigenvalue weighted by Crippen LogP contribution is -2.45. The highest BCUT2D eigenvalue weighted by atomic mass is 79.9. The number of rotatable bonds is 4. The first-order chi connectivity index (χ1) is 8.72. The Morgan fingerprint density at radius 2 is 2.16 bits per heavy atom. The normalized spacial score (nSPS) is 17.6. The van der Waals surface area contributed by atoms with E-state index < -0.39 is 0 Å². The smallest absolute Gasteiger partial charge is 0.288 e. The maximum atomic E-state index is 12.0. The predicted octanol–water partition coefficient (Wildman–Crippen LogP) is 3.10. The standard InChI is InChI=1S/C13H19BrN2O2.ClH/c14-10-6-7-18-12(10)13(17)16-11(8-15)9-4-2-1-3-5-9;/h6-7,9,11H,1-5,8,15H2,(H,16,17);1H. The van der Waals surface area contributed by atoms with Crippen molar-refractivity contribution >= 4 is 34.2 Å². The minimum absolute atomic E-state index is 0. The van der Waals surface area contributed by atoms with Crippen LogP contribution in [-0.4, -0.2) is 18.5 Å². The zero-order chi connectivity index (χ0) is 13.0. The van der Waals surface area contributed by atoms with Crippen LogP contribution in [-0.2, 0) is 0 Å². The molecule has 1 aromatic heterocycles. The molecule has 1 amide bonds. The molecule has 0 bridgehead atoms. The lowest BCUT2D eigenvalue weighted by Gasteiger charge is -2.29. The molecule has 19 heavy (non-hydrogen) atoms. The van der Waals surface area contributed by atoms with Crippen LogP contribution in [0, 0.1) is 5.92 Å². The Kier molecular flexibility index (Phi) is 6.89. The molecule has 2 rings (SSSR count). The van der Waals surface area contributed by atoms with Gasteiger partial charge in [-0.3, -0.25) is 4.79 Å². The zero-order valence-electron chi connectivity index (χ0n) is 10.7. The Hall–Kier alpha value is -0.520. The molecule has 1 heterocycles. The largest absolute Gasteiger partial charge is 0.458 e. The predicted molar refractivity (Wildman–Crippen MR) is 80.5 cm³/mol. The van der Waals surface area contributed by atoms with E-state index in [9.17, 15) is 4.79 Å². The molecule has 4 nitrogen and oxygen atoms in total. The van der Waals surface area contributed by atoms with Gasteiger partial charge in [0.15, 0.2) is 0 Å². The molecule has 1 aliphatic rings. The van der Waals surface area contributed by atoms with Crippen molar-refractivity contribution in [1.29, 1.82) is 0 Å². The molecular formula is C13H20BrClN2O2. The van der Waals surface area contributed by atoms with Crippen LogP contribution < -0.4 is 11.1 Å². The third-order valence-corrected chi connectivity index (χ3v) is 4.24. The first-order valence-corrected chi connectivity index (χ1v) is 7.25. The van der Waals surface area contributed by atoms with Gasteiger partial charge in [-0.25, -0.2) is 0 Å². The van der Waals surface area contributed by atoms with Crippen LogP contribution in [0.1, 0.15) is 42.7 Å². The van der Waals surface area contributed by atoms with E-state index in [1.54, 1.807) is 6.07 Å². The highest BCUT2D eigenvalue weighted by Crippen LogP contribution is 2.26. The summed E-state index contributed by atoms with van der Waals surface area (Å²) in [5.74, 6) is 0.638. The van der Waals surface area contributed by atoms with E-state index in [0.29, 0.717) is 22.7 Å². The van der Waals surface area contributed by atoms with E-state index in [4.69, 9.17) is 10.2 Å². The molecule has 3 N–H and O–H groups in total. The van der Waals surface area contributed by atoms with Crippen molar-refractivity contribution in [2.24, 2.45) is 11.7 Å². The van der Waals surface area contributed by atoms with Gasteiger partial charge in [-0.15, -0.1) is 12.4 Å². The number of nitrogens with two attached hydrogens (primary N) is 1. The van der Waals surface area contributed by atoms with Gasteiger partial charge in [-0.05, 0) is 40.8 Å². The van der Waals surface area contributed by atoms with Crippen LogP contribution >= 0.6 is 28.3 Å². The fraction of sp³-hybridized carbons (Fsp3) is 0.615. The van der Waals surface area contributed by atoms with Gasteiger partial charge in [0.05, 0.1) is 10.7 Å². The van der Waals surface area contributed by atoms with Crippen molar-refractivity contribution in [3.8, 4) is 0 Å². The van der Waals surface area contributed by atoms with Crippen LogP contribution in [0.15, 0.2) is 21.2 Å². The molecule has 1 unspecified atom stereocenters. The van der Waals surface area contributed by atoms with Crippen molar-refractivity contribution in [1.82, 2.24) is 5.32 Å². The van der Waals surface area contributed by atoms with E-state index >= 15 is 0 Å². The fourth-order valence-corrected chi connectivity index (χ4v) is 2.98. The maximum absolute atomic E-state index is 12.0. The zero-order valence-corrected chi connectivity index (χ0v) is 13.1. The Morgan fingerprint density at radius 3 is 2.68 bits per heavy atom. The molecular weight excluding hydrogens is 332 g/mol. The Balaban J connectivity index is 0.00000180. The molecule has 1 atom stereocenters. The van der Waals surface area contributed by atoms with E-state index in [1.165, 1.54) is 25.5 Å². The van der Waals surface area contributed by atoms with Crippen molar-refractivity contribution in [2.75, 3.05) is 6.54 Å². The van der Waals surface area contributed by atoms with Gasteiger partial charge >= 0.3 is 0 Å². The second-order valence-corrected chi connectivity index (χ2v) is 5.67. The van der Waals surface area contributed by atoms with Crippen LogP contribution in [0.25, 0.3) is 0 Å². The molecule has 0 spiro atoms. The number of furan rings is 1. The summed E-state index contributed by atoms with van der Waals surface area (Å²) in [6.45, 7) is 0.481. The summed E-state index contributed by atoms with van der Waals surface area (Å²) in [6.07, 6.45) is 7.58. The molecule has 0 aromatic carbocycles. The lowest BCUT2D eigenvalue weighted by molar-refractivity contribution is 0.0886. The number of hydrogen-bond donors (Lipinski definition) is 2. The Labute approximate surface area is 128 Å². The molecule has 0 saturated heterocycles. The monoisotopic (exact) mass is 350 g/mol. The Morgan fingerprint density at radius 1 is 1.47 bits per heavy atom. The molecule has 0 radical (unpaired) electrons. The molecule has 0 aliphatic heterocycles. The number of halogens is 2. The summed E-state index contributed by atoms with van der Waals surface area (Å²) in [4.78, 5) is 12.0. The summed E-state index contributed by atoms with van der Waals surface area (Å²) >= 11 is 3.29. The Bertz CT molecular complexity index is 405. The molecule has 1 saturated carbocycles. The van der Waals surface area contributed by atoms with E-state index in [1.807, 2.05) is 0 Å². The minimum Gasteiger partial charge on any atom is -0.458 e. The van der Waals surface area contributed by atoms with Gasteiger partial charge in [-0.1, -0.05) is 19.3 Å². The quantitative estimate of drug-likeness (QED) is 0.876. The molecule has 1 fully saturated rings. The van der Waals surface area contributed by atoms with E-state index in [2.05, 4.69) is 21.2 Å². The second-order valence-electron chi connectivity index (χ2n) is 4.81. The molecule has 108 valence electrons. The van der Waals surface area contributed by atoms with Gasteiger partial charge in [-0.2, -0.15) is 0 Å². The molecule has 6 heteroatoms.